The van der Waals surface area contributed by atoms with Crippen molar-refractivity contribution in [3.63, 3.8) is 0 Å². The minimum absolute atomic E-state index is 0.276. The molecule has 21 heavy (non-hydrogen) atoms. The van der Waals surface area contributed by atoms with Crippen molar-refractivity contribution in [2.75, 3.05) is 6.61 Å². The van der Waals surface area contributed by atoms with Gasteiger partial charge in [-0.05, 0) is 37.5 Å². The zero-order valence-corrected chi connectivity index (χ0v) is 11.8. The predicted molar refractivity (Wildman–Crippen MR) is 78.2 cm³/mol. The van der Waals surface area contributed by atoms with Gasteiger partial charge in [0.2, 0.25) is 0 Å². The molecule has 4 heteroatoms. The second kappa shape index (κ2) is 5.64. The number of aldehydes is 1. The number of aromatic nitrogens is 1. The van der Waals surface area contributed by atoms with Gasteiger partial charge in [0.15, 0.2) is 6.29 Å². The van der Waals surface area contributed by atoms with Crippen molar-refractivity contribution in [2.24, 2.45) is 0 Å². The monoisotopic (exact) mass is 285 g/mol. The number of benzene rings is 1. The standard InChI is InChI=1S/C17H16FNO2/c1-2-21-15-9-14(10-20)19-17(12-3-4-12)16(15)11-5-7-13(18)8-6-11/h5-10,12H,2-4H2,1H3. The summed E-state index contributed by atoms with van der Waals surface area (Å²) in [5, 5.41) is 0. The maximum atomic E-state index is 13.1. The van der Waals surface area contributed by atoms with Crippen LogP contribution in [0.15, 0.2) is 30.3 Å². The Kier molecular flexibility index (Phi) is 3.69. The lowest BCUT2D eigenvalue weighted by Crippen LogP contribution is -2.03. The summed E-state index contributed by atoms with van der Waals surface area (Å²) in [7, 11) is 0. The third kappa shape index (κ3) is 2.79. The van der Waals surface area contributed by atoms with E-state index in [0.717, 1.165) is 35.9 Å². The molecule has 0 amide bonds. The molecule has 1 fully saturated rings. The van der Waals surface area contributed by atoms with Crippen molar-refractivity contribution < 1.29 is 13.9 Å². The van der Waals surface area contributed by atoms with Crippen molar-refractivity contribution in [3.8, 4) is 16.9 Å². The highest BCUT2D eigenvalue weighted by Gasteiger charge is 2.30. The average Bonchev–Trinajstić information content (AvgIpc) is 3.32. The van der Waals surface area contributed by atoms with E-state index in [-0.39, 0.29) is 5.82 Å². The van der Waals surface area contributed by atoms with E-state index in [1.807, 2.05) is 6.92 Å². The molecule has 0 spiro atoms. The molecule has 1 heterocycles. The molecule has 3 nitrogen and oxygen atoms in total. The van der Waals surface area contributed by atoms with Gasteiger partial charge >= 0.3 is 0 Å². The Hall–Kier alpha value is -2.23. The first-order chi connectivity index (χ1) is 10.2. The van der Waals surface area contributed by atoms with Gasteiger partial charge in [-0.1, -0.05) is 12.1 Å². The van der Waals surface area contributed by atoms with E-state index in [1.165, 1.54) is 12.1 Å². The van der Waals surface area contributed by atoms with Crippen LogP contribution in [-0.4, -0.2) is 17.9 Å². The molecule has 0 atom stereocenters. The lowest BCUT2D eigenvalue weighted by atomic mass is 9.99. The van der Waals surface area contributed by atoms with Crippen LogP contribution in [0.25, 0.3) is 11.1 Å². The summed E-state index contributed by atoms with van der Waals surface area (Å²) in [5.41, 5.74) is 3.01. The van der Waals surface area contributed by atoms with Crippen molar-refractivity contribution in [1.82, 2.24) is 4.98 Å². The van der Waals surface area contributed by atoms with Gasteiger partial charge in [-0.3, -0.25) is 4.79 Å². The largest absolute Gasteiger partial charge is 0.493 e. The van der Waals surface area contributed by atoms with Crippen molar-refractivity contribution >= 4 is 6.29 Å². The number of halogens is 1. The Labute approximate surface area is 122 Å². The number of hydrogen-bond donors (Lipinski definition) is 0. The smallest absolute Gasteiger partial charge is 0.168 e. The SMILES string of the molecule is CCOc1cc(C=O)nc(C2CC2)c1-c1ccc(F)cc1. The number of pyridine rings is 1. The second-order valence-corrected chi connectivity index (χ2v) is 5.14. The lowest BCUT2D eigenvalue weighted by molar-refractivity contribution is 0.111. The molecule has 0 radical (unpaired) electrons. The molecule has 0 bridgehead atoms. The fraction of sp³-hybridized carbons (Fsp3) is 0.294. The highest BCUT2D eigenvalue weighted by atomic mass is 19.1. The van der Waals surface area contributed by atoms with Gasteiger partial charge in [-0.15, -0.1) is 0 Å². The van der Waals surface area contributed by atoms with Gasteiger partial charge in [-0.2, -0.15) is 0 Å². The Morgan fingerprint density at radius 1 is 1.33 bits per heavy atom. The van der Waals surface area contributed by atoms with Crippen LogP contribution in [0.5, 0.6) is 5.75 Å². The molecule has 1 aromatic heterocycles. The molecule has 1 saturated carbocycles. The van der Waals surface area contributed by atoms with Gasteiger partial charge in [-0.25, -0.2) is 9.37 Å². The zero-order valence-electron chi connectivity index (χ0n) is 11.8. The first-order valence-electron chi connectivity index (χ1n) is 7.11. The van der Waals surface area contributed by atoms with Gasteiger partial charge in [0, 0.05) is 17.5 Å². The van der Waals surface area contributed by atoms with Crippen LogP contribution in [0.3, 0.4) is 0 Å². The van der Waals surface area contributed by atoms with Crippen LogP contribution in [0.1, 0.15) is 41.9 Å². The Morgan fingerprint density at radius 3 is 2.62 bits per heavy atom. The molecule has 1 aliphatic carbocycles. The average molecular weight is 285 g/mol. The van der Waals surface area contributed by atoms with Crippen LogP contribution >= 0.6 is 0 Å². The number of ether oxygens (including phenoxy) is 1. The quantitative estimate of drug-likeness (QED) is 0.780. The van der Waals surface area contributed by atoms with Crippen LogP contribution in [0.2, 0.25) is 0 Å². The van der Waals surface area contributed by atoms with Gasteiger partial charge in [0.25, 0.3) is 0 Å². The first-order valence-corrected chi connectivity index (χ1v) is 7.11. The molecule has 3 rings (SSSR count). The number of carbonyl (C=O) groups is 1. The van der Waals surface area contributed by atoms with Crippen LogP contribution in [0, 0.1) is 5.82 Å². The van der Waals surface area contributed by atoms with E-state index < -0.39 is 0 Å². The third-order valence-electron chi connectivity index (χ3n) is 3.55. The molecule has 0 N–H and O–H groups in total. The van der Waals surface area contributed by atoms with E-state index in [1.54, 1.807) is 18.2 Å². The molecular weight excluding hydrogens is 269 g/mol. The molecule has 0 saturated heterocycles. The van der Waals surface area contributed by atoms with Crippen LogP contribution in [0.4, 0.5) is 4.39 Å². The molecule has 1 aromatic carbocycles. The van der Waals surface area contributed by atoms with E-state index >= 15 is 0 Å². The summed E-state index contributed by atoms with van der Waals surface area (Å²) in [6.45, 7) is 2.40. The lowest BCUT2D eigenvalue weighted by Gasteiger charge is -2.15. The van der Waals surface area contributed by atoms with E-state index in [9.17, 15) is 9.18 Å². The topological polar surface area (TPSA) is 39.2 Å². The number of rotatable bonds is 5. The summed E-state index contributed by atoms with van der Waals surface area (Å²) in [4.78, 5) is 15.5. The fourth-order valence-electron chi connectivity index (χ4n) is 2.45. The second-order valence-electron chi connectivity index (χ2n) is 5.14. The summed E-state index contributed by atoms with van der Waals surface area (Å²) >= 11 is 0. The van der Waals surface area contributed by atoms with Gasteiger partial charge in [0.1, 0.15) is 17.3 Å². The fourth-order valence-corrected chi connectivity index (χ4v) is 2.45. The van der Waals surface area contributed by atoms with Crippen molar-refractivity contribution in [1.29, 1.82) is 0 Å². The predicted octanol–water partition coefficient (Wildman–Crippen LogP) is 3.98. The summed E-state index contributed by atoms with van der Waals surface area (Å²) in [6, 6.07) is 7.95. The Balaban J connectivity index is 2.19. The summed E-state index contributed by atoms with van der Waals surface area (Å²) in [5.74, 6) is 0.731. The molecule has 1 aliphatic rings. The van der Waals surface area contributed by atoms with Crippen LogP contribution in [-0.2, 0) is 0 Å². The first kappa shape index (κ1) is 13.7. The zero-order chi connectivity index (χ0) is 14.8. The molecule has 0 aliphatic heterocycles. The number of hydrogen-bond acceptors (Lipinski definition) is 3. The number of nitrogens with zero attached hydrogens (tertiary/aromatic N) is 1. The van der Waals surface area contributed by atoms with Crippen molar-refractivity contribution in [3.05, 3.63) is 47.5 Å². The minimum atomic E-state index is -0.276. The van der Waals surface area contributed by atoms with Gasteiger partial charge in [0.05, 0.1) is 12.3 Å². The third-order valence-corrected chi connectivity index (χ3v) is 3.55. The van der Waals surface area contributed by atoms with E-state index in [4.69, 9.17) is 4.74 Å². The Bertz CT molecular complexity index is 663. The summed E-state index contributed by atoms with van der Waals surface area (Å²) in [6.07, 6.45) is 2.87. The van der Waals surface area contributed by atoms with Crippen molar-refractivity contribution in [2.45, 2.75) is 25.7 Å². The molecule has 0 unspecified atom stereocenters. The Morgan fingerprint density at radius 2 is 2.05 bits per heavy atom. The van der Waals surface area contributed by atoms with Crippen LogP contribution < -0.4 is 4.74 Å². The van der Waals surface area contributed by atoms with Gasteiger partial charge < -0.3 is 4.74 Å². The van der Waals surface area contributed by atoms with E-state index in [2.05, 4.69) is 4.98 Å². The number of carbonyl (C=O) groups excluding carboxylic acids is 1. The maximum absolute atomic E-state index is 13.1. The normalized spacial score (nSPS) is 14.0. The molecule has 2 aromatic rings. The maximum Gasteiger partial charge on any atom is 0.168 e. The summed E-state index contributed by atoms with van der Waals surface area (Å²) < 4.78 is 18.8. The minimum Gasteiger partial charge on any atom is -0.493 e. The highest BCUT2D eigenvalue weighted by molar-refractivity contribution is 5.80. The molecular formula is C17H16FNO2. The van der Waals surface area contributed by atoms with E-state index in [0.29, 0.717) is 24.0 Å². The highest BCUT2D eigenvalue weighted by Crippen LogP contribution is 2.46. The molecule has 108 valence electrons.